The van der Waals surface area contributed by atoms with Crippen LogP contribution in [0.3, 0.4) is 0 Å². The van der Waals surface area contributed by atoms with Crippen LogP contribution in [0.4, 0.5) is 0 Å². The number of aromatic nitrogens is 4. The van der Waals surface area contributed by atoms with E-state index in [9.17, 15) is 4.79 Å². The van der Waals surface area contributed by atoms with Crippen LogP contribution < -0.4 is 5.56 Å². The monoisotopic (exact) mass is 702 g/mol. The Hall–Kier alpha value is -7.50. The predicted octanol–water partition coefficient (Wildman–Crippen LogP) is 12.0. The molecular weight excluding hydrogens is 673 g/mol. The lowest BCUT2D eigenvalue weighted by Crippen LogP contribution is -2.14. The van der Waals surface area contributed by atoms with Crippen molar-refractivity contribution in [1.29, 1.82) is 0 Å². The van der Waals surface area contributed by atoms with Gasteiger partial charge in [-0.05, 0) is 95.4 Å². The lowest BCUT2D eigenvalue weighted by Gasteiger charge is -2.12. The summed E-state index contributed by atoms with van der Waals surface area (Å²) >= 11 is 0. The Morgan fingerprint density at radius 3 is 1.51 bits per heavy atom. The largest absolute Gasteiger partial charge is 0.309 e. The van der Waals surface area contributed by atoms with Crippen LogP contribution in [0, 0.1) is 0 Å². The third kappa shape index (κ3) is 4.18. The van der Waals surface area contributed by atoms with Crippen molar-refractivity contribution in [3.05, 3.63) is 192 Å². The quantitative estimate of drug-likeness (QED) is 0.171. The van der Waals surface area contributed by atoms with Gasteiger partial charge in [0.2, 0.25) is 0 Å². The van der Waals surface area contributed by atoms with Crippen LogP contribution >= 0.6 is 0 Å². The van der Waals surface area contributed by atoms with E-state index in [4.69, 9.17) is 4.98 Å². The second-order valence-electron chi connectivity index (χ2n) is 14.3. The van der Waals surface area contributed by atoms with Crippen LogP contribution in [-0.4, -0.2) is 18.5 Å². The minimum atomic E-state index is -0.0639. The molecule has 0 bridgehead atoms. The first-order valence-corrected chi connectivity index (χ1v) is 18.6. The van der Waals surface area contributed by atoms with Gasteiger partial charge in [-0.25, -0.2) is 4.98 Å². The average Bonchev–Trinajstić information content (AvgIpc) is 3.91. The van der Waals surface area contributed by atoms with Crippen LogP contribution in [0.5, 0.6) is 0 Å². The van der Waals surface area contributed by atoms with E-state index in [1.165, 1.54) is 16.3 Å². The molecule has 0 fully saturated rings. The molecule has 0 aliphatic carbocycles. The summed E-state index contributed by atoms with van der Waals surface area (Å²) in [5.74, 6) is 0.646. The lowest BCUT2D eigenvalue weighted by molar-refractivity contribution is 1.13. The minimum Gasteiger partial charge on any atom is -0.309 e. The maximum Gasteiger partial charge on any atom is 0.264 e. The zero-order valence-corrected chi connectivity index (χ0v) is 29.5. The summed E-state index contributed by atoms with van der Waals surface area (Å²) in [6.45, 7) is 0. The highest BCUT2D eigenvalue weighted by molar-refractivity contribution is 6.19. The third-order valence-corrected chi connectivity index (χ3v) is 11.4. The van der Waals surface area contributed by atoms with Crippen LogP contribution in [-0.2, 0) is 0 Å². The number of para-hydroxylation sites is 4. The second kappa shape index (κ2) is 11.3. The fourth-order valence-corrected chi connectivity index (χ4v) is 9.04. The van der Waals surface area contributed by atoms with Crippen LogP contribution in [0.25, 0.3) is 105 Å². The predicted molar refractivity (Wildman–Crippen MR) is 227 cm³/mol. The van der Waals surface area contributed by atoms with Gasteiger partial charge in [0.25, 0.3) is 5.56 Å². The first-order chi connectivity index (χ1) is 27.2. The van der Waals surface area contributed by atoms with Crippen molar-refractivity contribution < 1.29 is 0 Å². The van der Waals surface area contributed by atoms with Crippen molar-refractivity contribution in [3.63, 3.8) is 0 Å². The number of hydrogen-bond donors (Lipinski definition) is 0. The number of nitrogens with zero attached hydrogens (tertiary/aromatic N) is 4. The van der Waals surface area contributed by atoms with E-state index < -0.39 is 0 Å². The lowest BCUT2D eigenvalue weighted by atomic mass is 9.95. The van der Waals surface area contributed by atoms with E-state index in [2.05, 4.69) is 167 Å². The Bertz CT molecular complexity index is 3560. The highest BCUT2D eigenvalue weighted by Gasteiger charge is 2.23. The van der Waals surface area contributed by atoms with E-state index in [1.54, 1.807) is 0 Å². The first kappa shape index (κ1) is 30.0. The van der Waals surface area contributed by atoms with E-state index >= 15 is 0 Å². The van der Waals surface area contributed by atoms with Gasteiger partial charge in [-0.2, -0.15) is 0 Å². The molecule has 0 unspecified atom stereocenters. The maximum absolute atomic E-state index is 14.6. The Morgan fingerprint density at radius 1 is 0.400 bits per heavy atom. The number of imidazole rings is 1. The molecule has 12 aromatic rings. The number of fused-ring (bicyclic) bond motifs is 8. The Morgan fingerprint density at radius 2 is 0.891 bits per heavy atom. The fourth-order valence-electron chi connectivity index (χ4n) is 9.04. The van der Waals surface area contributed by atoms with Gasteiger partial charge < -0.3 is 9.13 Å². The van der Waals surface area contributed by atoms with Crippen molar-refractivity contribution in [2.24, 2.45) is 0 Å². The fraction of sp³-hybridized carbons (Fsp3) is 0. The molecule has 8 aromatic carbocycles. The molecule has 0 saturated carbocycles. The van der Waals surface area contributed by atoms with Crippen LogP contribution in [0.15, 0.2) is 187 Å². The Balaban J connectivity index is 1.12. The molecule has 12 rings (SSSR count). The summed E-state index contributed by atoms with van der Waals surface area (Å²) in [6, 6.07) is 63.6. The molecule has 4 aromatic heterocycles. The average molecular weight is 703 g/mol. The summed E-state index contributed by atoms with van der Waals surface area (Å²) in [7, 11) is 0. The molecule has 5 heteroatoms. The molecule has 256 valence electrons. The summed E-state index contributed by atoms with van der Waals surface area (Å²) in [5.41, 5.74) is 11.4. The SMILES string of the molecule is O=c1c2ccccc2c2c(-c3ccc4c(c3)c3ccccc3n4-c3ccccc3)ccc3nc(-c4ccc5c(c4)c4ccccc4n5-c4ccccc4)n1c32. The molecule has 0 amide bonds. The molecule has 55 heavy (non-hydrogen) atoms. The van der Waals surface area contributed by atoms with E-state index in [0.717, 1.165) is 77.2 Å². The first-order valence-electron chi connectivity index (χ1n) is 18.6. The number of rotatable bonds is 4. The van der Waals surface area contributed by atoms with Crippen molar-refractivity contribution in [2.75, 3.05) is 0 Å². The van der Waals surface area contributed by atoms with Gasteiger partial charge in [0.1, 0.15) is 5.82 Å². The van der Waals surface area contributed by atoms with Crippen molar-refractivity contribution in [3.8, 4) is 33.9 Å². The van der Waals surface area contributed by atoms with Gasteiger partial charge in [0, 0.05) is 49.3 Å². The Kier molecular flexibility index (Phi) is 6.14. The minimum absolute atomic E-state index is 0.0639. The highest BCUT2D eigenvalue weighted by Crippen LogP contribution is 2.41. The van der Waals surface area contributed by atoms with E-state index in [-0.39, 0.29) is 5.56 Å². The molecule has 5 nitrogen and oxygen atoms in total. The molecule has 0 aliphatic heterocycles. The molecule has 0 N–H and O–H groups in total. The zero-order valence-electron chi connectivity index (χ0n) is 29.5. The standard InChI is InChI=1S/C50H30N4O/c55-50-39-20-8-7-19-38(39)47-35(31-23-27-45-40(29-31)36-17-9-11-21-43(36)52(45)33-13-3-1-4-14-33)25-26-42-48(47)54(50)49(51-42)32-24-28-46-41(30-32)37-18-10-12-22-44(37)53(46)34-15-5-2-6-16-34/h1-30H. The number of hydrogen-bond acceptors (Lipinski definition) is 2. The Labute approximate surface area is 314 Å². The molecule has 0 spiro atoms. The van der Waals surface area contributed by atoms with Gasteiger partial charge in [-0.15, -0.1) is 0 Å². The second-order valence-corrected chi connectivity index (χ2v) is 14.3. The summed E-state index contributed by atoms with van der Waals surface area (Å²) < 4.78 is 6.50. The zero-order chi connectivity index (χ0) is 36.2. The smallest absolute Gasteiger partial charge is 0.264 e. The summed E-state index contributed by atoms with van der Waals surface area (Å²) in [6.07, 6.45) is 0. The molecule has 0 radical (unpaired) electrons. The van der Waals surface area contributed by atoms with Crippen LogP contribution in [0.2, 0.25) is 0 Å². The topological polar surface area (TPSA) is 44.2 Å². The number of benzene rings is 8. The van der Waals surface area contributed by atoms with Gasteiger partial charge in [-0.3, -0.25) is 9.20 Å². The van der Waals surface area contributed by atoms with Crippen molar-refractivity contribution in [1.82, 2.24) is 18.5 Å². The molecule has 0 saturated heterocycles. The third-order valence-electron chi connectivity index (χ3n) is 11.4. The molecule has 4 heterocycles. The molecule has 0 atom stereocenters. The highest BCUT2D eigenvalue weighted by atomic mass is 16.1. The van der Waals surface area contributed by atoms with Crippen LogP contribution in [0.1, 0.15) is 0 Å². The van der Waals surface area contributed by atoms with Gasteiger partial charge in [-0.1, -0.05) is 103 Å². The van der Waals surface area contributed by atoms with Gasteiger partial charge in [0.05, 0.1) is 33.1 Å². The normalized spacial score (nSPS) is 12.1. The van der Waals surface area contributed by atoms with Gasteiger partial charge in [0.15, 0.2) is 0 Å². The summed E-state index contributed by atoms with van der Waals surface area (Å²) in [4.78, 5) is 19.9. The van der Waals surface area contributed by atoms with E-state index in [1.807, 2.05) is 28.7 Å². The summed E-state index contributed by atoms with van der Waals surface area (Å²) in [5, 5.41) is 7.28. The molecule has 0 aliphatic rings. The maximum atomic E-state index is 14.6. The van der Waals surface area contributed by atoms with Crippen molar-refractivity contribution >= 4 is 70.8 Å². The molecular formula is C50H30N4O. The number of pyridine rings is 1. The van der Waals surface area contributed by atoms with E-state index in [0.29, 0.717) is 11.2 Å². The van der Waals surface area contributed by atoms with Gasteiger partial charge >= 0.3 is 0 Å². The van der Waals surface area contributed by atoms with Crippen molar-refractivity contribution in [2.45, 2.75) is 0 Å².